The highest BCUT2D eigenvalue weighted by atomic mass is 16.5. The minimum absolute atomic E-state index is 0.101. The smallest absolute Gasteiger partial charge is 0.142 e. The largest absolute Gasteiger partial charge is 0.489 e. The highest BCUT2D eigenvalue weighted by molar-refractivity contribution is 5.63. The van der Waals surface area contributed by atoms with E-state index in [9.17, 15) is 0 Å². The average Bonchev–Trinajstić information content (AvgIpc) is 2.42. The summed E-state index contributed by atoms with van der Waals surface area (Å²) in [6, 6.07) is 5.59. The van der Waals surface area contributed by atoms with Crippen LogP contribution in [0, 0.1) is 0 Å². The molecule has 82 valence electrons. The second kappa shape index (κ2) is 4.40. The van der Waals surface area contributed by atoms with E-state index in [0.717, 1.165) is 23.7 Å². The normalized spacial score (nSPS) is 19.7. The minimum atomic E-state index is 0.101. The van der Waals surface area contributed by atoms with Gasteiger partial charge in [0.2, 0.25) is 0 Å². The molecule has 15 heavy (non-hydrogen) atoms. The molecule has 4 heteroatoms. The Balaban J connectivity index is 2.11. The van der Waals surface area contributed by atoms with Crippen LogP contribution in [0.1, 0.15) is 6.92 Å². The first-order chi connectivity index (χ1) is 7.29. The summed E-state index contributed by atoms with van der Waals surface area (Å²) < 4.78 is 11.1. The summed E-state index contributed by atoms with van der Waals surface area (Å²) in [6.45, 7) is 4.02. The molecule has 1 aliphatic heterocycles. The number of rotatable bonds is 2. The van der Waals surface area contributed by atoms with Crippen LogP contribution in [0.25, 0.3) is 0 Å². The number of nitrogens with one attached hydrogen (secondary N) is 1. The Bertz CT molecular complexity index is 341. The summed E-state index contributed by atoms with van der Waals surface area (Å²) in [6.07, 6.45) is 0.101. The zero-order valence-electron chi connectivity index (χ0n) is 8.82. The monoisotopic (exact) mass is 208 g/mol. The van der Waals surface area contributed by atoms with Crippen molar-refractivity contribution in [2.75, 3.05) is 30.8 Å². The summed E-state index contributed by atoms with van der Waals surface area (Å²) in [7, 11) is 0. The van der Waals surface area contributed by atoms with E-state index in [0.29, 0.717) is 13.2 Å². The number of nitrogen functional groups attached to an aromatic ring is 1. The number of hydrogen-bond acceptors (Lipinski definition) is 4. The van der Waals surface area contributed by atoms with E-state index in [2.05, 4.69) is 5.32 Å². The number of ether oxygens (including phenoxy) is 2. The van der Waals surface area contributed by atoms with E-state index in [1.54, 1.807) is 0 Å². The number of nitrogens with two attached hydrogens (primary N) is 1. The second-order valence-corrected chi connectivity index (χ2v) is 3.52. The fourth-order valence-corrected chi connectivity index (χ4v) is 1.62. The average molecular weight is 208 g/mol. The molecule has 2 rings (SSSR count). The molecule has 0 saturated heterocycles. The Kier molecular flexibility index (Phi) is 2.97. The summed E-state index contributed by atoms with van der Waals surface area (Å²) in [5, 5.41) is 3.27. The van der Waals surface area contributed by atoms with Crippen molar-refractivity contribution in [3.63, 3.8) is 0 Å². The Morgan fingerprint density at radius 1 is 1.60 bits per heavy atom. The molecule has 0 radical (unpaired) electrons. The van der Waals surface area contributed by atoms with Gasteiger partial charge in [-0.2, -0.15) is 0 Å². The molecule has 1 heterocycles. The highest BCUT2D eigenvalue weighted by Gasteiger charge is 2.16. The fraction of sp³-hybridized carbons (Fsp3) is 0.455. The third-order valence-electron chi connectivity index (χ3n) is 2.35. The van der Waals surface area contributed by atoms with E-state index in [-0.39, 0.29) is 6.10 Å². The van der Waals surface area contributed by atoms with Gasteiger partial charge in [0.15, 0.2) is 0 Å². The van der Waals surface area contributed by atoms with Gasteiger partial charge in [-0.1, -0.05) is 0 Å². The molecule has 1 aromatic rings. The SMILES string of the molecule is CCO[C@@H]1CNc2cc(N)ccc2OC1. The molecule has 0 amide bonds. The molecule has 0 aromatic heterocycles. The Labute approximate surface area is 89.4 Å². The van der Waals surface area contributed by atoms with Crippen molar-refractivity contribution < 1.29 is 9.47 Å². The summed E-state index contributed by atoms with van der Waals surface area (Å²) >= 11 is 0. The van der Waals surface area contributed by atoms with Gasteiger partial charge < -0.3 is 20.5 Å². The van der Waals surface area contributed by atoms with Crippen LogP contribution in [-0.2, 0) is 4.74 Å². The molecule has 1 aromatic carbocycles. The first-order valence-electron chi connectivity index (χ1n) is 5.17. The Morgan fingerprint density at radius 2 is 2.47 bits per heavy atom. The lowest BCUT2D eigenvalue weighted by Gasteiger charge is -2.13. The van der Waals surface area contributed by atoms with E-state index in [1.165, 1.54) is 0 Å². The Morgan fingerprint density at radius 3 is 3.27 bits per heavy atom. The molecule has 0 spiro atoms. The molecule has 3 N–H and O–H groups in total. The maximum absolute atomic E-state index is 5.70. The van der Waals surface area contributed by atoms with Crippen LogP contribution in [-0.4, -0.2) is 25.9 Å². The van der Waals surface area contributed by atoms with Crippen molar-refractivity contribution in [2.24, 2.45) is 0 Å². The van der Waals surface area contributed by atoms with Crippen LogP contribution in [0.5, 0.6) is 5.75 Å². The minimum Gasteiger partial charge on any atom is -0.489 e. The van der Waals surface area contributed by atoms with Crippen LogP contribution in [0.15, 0.2) is 18.2 Å². The van der Waals surface area contributed by atoms with E-state index in [4.69, 9.17) is 15.2 Å². The summed E-state index contributed by atoms with van der Waals surface area (Å²) in [5.74, 6) is 0.839. The summed E-state index contributed by atoms with van der Waals surface area (Å²) in [4.78, 5) is 0. The van der Waals surface area contributed by atoms with Gasteiger partial charge >= 0.3 is 0 Å². The van der Waals surface area contributed by atoms with Crippen molar-refractivity contribution in [1.82, 2.24) is 0 Å². The maximum Gasteiger partial charge on any atom is 0.142 e. The van der Waals surface area contributed by atoms with Gasteiger partial charge in [0.25, 0.3) is 0 Å². The molecule has 1 atom stereocenters. The first kappa shape index (κ1) is 10.1. The van der Waals surface area contributed by atoms with Crippen molar-refractivity contribution in [3.8, 4) is 5.75 Å². The van der Waals surface area contributed by atoms with Crippen molar-refractivity contribution in [1.29, 1.82) is 0 Å². The zero-order chi connectivity index (χ0) is 10.7. The molecule has 1 aliphatic rings. The second-order valence-electron chi connectivity index (χ2n) is 3.52. The van der Waals surface area contributed by atoms with Gasteiger partial charge in [0.1, 0.15) is 18.5 Å². The lowest BCUT2D eigenvalue weighted by atomic mass is 10.2. The van der Waals surface area contributed by atoms with Crippen LogP contribution >= 0.6 is 0 Å². The quantitative estimate of drug-likeness (QED) is 0.723. The number of fused-ring (bicyclic) bond motifs is 1. The van der Waals surface area contributed by atoms with E-state index < -0.39 is 0 Å². The lowest BCUT2D eigenvalue weighted by Crippen LogP contribution is -2.27. The standard InChI is InChI=1S/C11H16N2O2/c1-2-14-9-6-13-10-5-8(12)3-4-11(10)15-7-9/h3-5,9,13H,2,6-7,12H2,1H3/t9-/m1/s1. The van der Waals surface area contributed by atoms with Crippen LogP contribution in [0.3, 0.4) is 0 Å². The number of benzene rings is 1. The topological polar surface area (TPSA) is 56.5 Å². The molecular formula is C11H16N2O2. The number of hydrogen-bond donors (Lipinski definition) is 2. The molecular weight excluding hydrogens is 192 g/mol. The van der Waals surface area contributed by atoms with Gasteiger partial charge in [-0.05, 0) is 25.1 Å². The van der Waals surface area contributed by atoms with Gasteiger partial charge in [0.05, 0.1) is 5.69 Å². The first-order valence-corrected chi connectivity index (χ1v) is 5.17. The third kappa shape index (κ3) is 2.33. The highest BCUT2D eigenvalue weighted by Crippen LogP contribution is 2.28. The lowest BCUT2D eigenvalue weighted by molar-refractivity contribution is 0.0393. The third-order valence-corrected chi connectivity index (χ3v) is 2.35. The van der Waals surface area contributed by atoms with Crippen molar-refractivity contribution in [2.45, 2.75) is 13.0 Å². The van der Waals surface area contributed by atoms with Crippen molar-refractivity contribution >= 4 is 11.4 Å². The van der Waals surface area contributed by atoms with Crippen LogP contribution in [0.4, 0.5) is 11.4 Å². The van der Waals surface area contributed by atoms with Crippen LogP contribution in [0.2, 0.25) is 0 Å². The molecule has 0 saturated carbocycles. The zero-order valence-corrected chi connectivity index (χ0v) is 8.82. The molecule has 0 unspecified atom stereocenters. The predicted octanol–water partition coefficient (Wildman–Crippen LogP) is 1.48. The van der Waals surface area contributed by atoms with Gasteiger partial charge in [0, 0.05) is 18.8 Å². The van der Waals surface area contributed by atoms with Crippen LogP contribution < -0.4 is 15.8 Å². The molecule has 4 nitrogen and oxygen atoms in total. The fourth-order valence-electron chi connectivity index (χ4n) is 1.62. The number of anilines is 2. The molecule has 0 aliphatic carbocycles. The van der Waals surface area contributed by atoms with E-state index in [1.807, 2.05) is 25.1 Å². The molecule has 0 bridgehead atoms. The summed E-state index contributed by atoms with van der Waals surface area (Å²) in [5.41, 5.74) is 7.38. The predicted molar refractivity (Wildman–Crippen MR) is 60.3 cm³/mol. The maximum atomic E-state index is 5.70. The van der Waals surface area contributed by atoms with Gasteiger partial charge in [-0.25, -0.2) is 0 Å². The molecule has 0 fully saturated rings. The van der Waals surface area contributed by atoms with E-state index >= 15 is 0 Å². The van der Waals surface area contributed by atoms with Crippen molar-refractivity contribution in [3.05, 3.63) is 18.2 Å². The van der Waals surface area contributed by atoms with Gasteiger partial charge in [-0.3, -0.25) is 0 Å². The Hall–Kier alpha value is -1.42. The van der Waals surface area contributed by atoms with Gasteiger partial charge in [-0.15, -0.1) is 0 Å².